The van der Waals surface area contributed by atoms with E-state index in [2.05, 4.69) is 11.3 Å². The first-order valence-electron chi connectivity index (χ1n) is 6.24. The molecular formula is C14H24O6. The van der Waals surface area contributed by atoms with Crippen LogP contribution in [0.25, 0.3) is 0 Å². The standard InChI is InChI=1S/2C7H12O3/c1-6(2)7(9)10-5-3-4-8;1-5(7(9)10)3-4-6(2)8/h8H,1,3-5H2,2H3;3,6,8H,4H2,1-2H3,(H,9,10). The summed E-state index contributed by atoms with van der Waals surface area (Å²) in [7, 11) is 0. The van der Waals surface area contributed by atoms with Crippen molar-refractivity contribution in [3.63, 3.8) is 0 Å². The maximum absolute atomic E-state index is 10.6. The summed E-state index contributed by atoms with van der Waals surface area (Å²) in [6.45, 7) is 8.41. The predicted molar refractivity (Wildman–Crippen MR) is 75.2 cm³/mol. The number of ether oxygens (including phenoxy) is 1. The van der Waals surface area contributed by atoms with Crippen molar-refractivity contribution in [3.8, 4) is 0 Å². The van der Waals surface area contributed by atoms with Crippen LogP contribution in [-0.2, 0) is 14.3 Å². The van der Waals surface area contributed by atoms with E-state index in [4.69, 9.17) is 15.3 Å². The van der Waals surface area contributed by atoms with Crippen molar-refractivity contribution in [3.05, 3.63) is 23.8 Å². The highest BCUT2D eigenvalue weighted by Gasteiger charge is 2.00. The fourth-order valence-corrected chi connectivity index (χ4v) is 0.787. The van der Waals surface area contributed by atoms with Crippen LogP contribution < -0.4 is 0 Å². The zero-order valence-corrected chi connectivity index (χ0v) is 12.3. The Balaban J connectivity index is 0. The van der Waals surface area contributed by atoms with Gasteiger partial charge in [0.2, 0.25) is 0 Å². The highest BCUT2D eigenvalue weighted by Crippen LogP contribution is 1.98. The molecule has 0 heterocycles. The molecule has 1 atom stereocenters. The summed E-state index contributed by atoms with van der Waals surface area (Å²) >= 11 is 0. The van der Waals surface area contributed by atoms with E-state index in [1.807, 2.05) is 0 Å². The van der Waals surface area contributed by atoms with Gasteiger partial charge in [-0.3, -0.25) is 0 Å². The number of aliphatic carboxylic acids is 1. The molecule has 0 rings (SSSR count). The summed E-state index contributed by atoms with van der Waals surface area (Å²) in [6, 6.07) is 0. The van der Waals surface area contributed by atoms with Gasteiger partial charge in [0.05, 0.1) is 12.7 Å². The summed E-state index contributed by atoms with van der Waals surface area (Å²) in [5, 5.41) is 25.4. The Morgan fingerprint density at radius 2 is 1.90 bits per heavy atom. The molecule has 0 bridgehead atoms. The molecular weight excluding hydrogens is 264 g/mol. The number of rotatable bonds is 7. The zero-order chi connectivity index (χ0) is 16.1. The van der Waals surface area contributed by atoms with Gasteiger partial charge in [-0.05, 0) is 27.2 Å². The monoisotopic (exact) mass is 288 g/mol. The van der Waals surface area contributed by atoms with Crippen LogP contribution in [0.4, 0.5) is 0 Å². The largest absolute Gasteiger partial charge is 0.478 e. The first kappa shape index (κ1) is 20.7. The van der Waals surface area contributed by atoms with Crippen LogP contribution in [0.1, 0.15) is 33.6 Å². The van der Waals surface area contributed by atoms with Gasteiger partial charge in [-0.2, -0.15) is 0 Å². The molecule has 0 aromatic heterocycles. The van der Waals surface area contributed by atoms with Crippen LogP contribution in [0.15, 0.2) is 23.8 Å². The van der Waals surface area contributed by atoms with Crippen LogP contribution in [0.2, 0.25) is 0 Å². The van der Waals surface area contributed by atoms with Crippen molar-refractivity contribution >= 4 is 11.9 Å². The smallest absolute Gasteiger partial charge is 0.333 e. The molecule has 0 aliphatic rings. The number of carbonyl (C=O) groups is 2. The van der Waals surface area contributed by atoms with Crippen LogP contribution in [0.5, 0.6) is 0 Å². The first-order valence-corrected chi connectivity index (χ1v) is 6.24. The fraction of sp³-hybridized carbons (Fsp3) is 0.571. The Hall–Kier alpha value is -1.66. The van der Waals surface area contributed by atoms with Gasteiger partial charge in [0.15, 0.2) is 0 Å². The molecule has 0 radical (unpaired) electrons. The Labute approximate surface area is 119 Å². The third-order valence-corrected chi connectivity index (χ3v) is 1.99. The number of esters is 1. The van der Waals surface area contributed by atoms with Crippen molar-refractivity contribution in [2.45, 2.75) is 39.7 Å². The minimum absolute atomic E-state index is 0.0451. The average molecular weight is 288 g/mol. The Morgan fingerprint density at radius 1 is 1.35 bits per heavy atom. The summed E-state index contributed by atoms with van der Waals surface area (Å²) in [4.78, 5) is 20.8. The van der Waals surface area contributed by atoms with Gasteiger partial charge in [-0.25, -0.2) is 9.59 Å². The van der Waals surface area contributed by atoms with Crippen molar-refractivity contribution in [1.82, 2.24) is 0 Å². The van der Waals surface area contributed by atoms with Crippen molar-refractivity contribution in [2.24, 2.45) is 0 Å². The number of carboxylic acids is 1. The van der Waals surface area contributed by atoms with E-state index in [1.54, 1.807) is 13.8 Å². The molecule has 0 aliphatic carbocycles. The van der Waals surface area contributed by atoms with Gasteiger partial charge in [0.1, 0.15) is 0 Å². The molecule has 0 amide bonds. The van der Waals surface area contributed by atoms with E-state index in [0.29, 0.717) is 18.4 Å². The second-order valence-corrected chi connectivity index (χ2v) is 4.27. The Kier molecular flexibility index (Phi) is 12.8. The van der Waals surface area contributed by atoms with Gasteiger partial charge in [-0.1, -0.05) is 12.7 Å². The number of aliphatic hydroxyl groups is 2. The number of hydrogen-bond donors (Lipinski definition) is 3. The minimum Gasteiger partial charge on any atom is -0.478 e. The highest BCUT2D eigenvalue weighted by molar-refractivity contribution is 5.86. The first-order chi connectivity index (χ1) is 9.22. The second-order valence-electron chi connectivity index (χ2n) is 4.27. The zero-order valence-electron chi connectivity index (χ0n) is 12.3. The molecule has 0 spiro atoms. The van der Waals surface area contributed by atoms with E-state index >= 15 is 0 Å². The Bertz CT molecular complexity index is 344. The third kappa shape index (κ3) is 14.4. The van der Waals surface area contributed by atoms with Gasteiger partial charge < -0.3 is 20.1 Å². The molecule has 6 nitrogen and oxygen atoms in total. The lowest BCUT2D eigenvalue weighted by Crippen LogP contribution is -2.06. The summed E-state index contributed by atoms with van der Waals surface area (Å²) < 4.78 is 4.65. The number of aliphatic hydroxyl groups excluding tert-OH is 2. The Morgan fingerprint density at radius 3 is 2.25 bits per heavy atom. The van der Waals surface area contributed by atoms with E-state index < -0.39 is 18.0 Å². The number of hydrogen-bond acceptors (Lipinski definition) is 5. The van der Waals surface area contributed by atoms with E-state index in [9.17, 15) is 9.59 Å². The normalized spacial score (nSPS) is 11.9. The van der Waals surface area contributed by atoms with E-state index in [0.717, 1.165) is 0 Å². The lowest BCUT2D eigenvalue weighted by Gasteiger charge is -2.00. The van der Waals surface area contributed by atoms with Gasteiger partial charge >= 0.3 is 11.9 Å². The summed E-state index contributed by atoms with van der Waals surface area (Å²) in [6.07, 6.45) is 1.93. The van der Waals surface area contributed by atoms with Crippen LogP contribution in [0.3, 0.4) is 0 Å². The molecule has 20 heavy (non-hydrogen) atoms. The van der Waals surface area contributed by atoms with Crippen molar-refractivity contribution in [2.75, 3.05) is 13.2 Å². The van der Waals surface area contributed by atoms with Crippen molar-refractivity contribution in [1.29, 1.82) is 0 Å². The molecule has 0 saturated heterocycles. The molecule has 0 aromatic carbocycles. The lowest BCUT2D eigenvalue weighted by atomic mass is 10.2. The van der Waals surface area contributed by atoms with Crippen LogP contribution >= 0.6 is 0 Å². The number of carbonyl (C=O) groups excluding carboxylic acids is 1. The SMILES string of the molecule is C=C(C)C(=O)OCCCO.CC(=CCC(C)O)C(=O)O. The number of carboxylic acid groups (broad SMARTS) is 1. The average Bonchev–Trinajstić information content (AvgIpc) is 2.36. The third-order valence-electron chi connectivity index (χ3n) is 1.99. The quantitative estimate of drug-likeness (QED) is 0.370. The molecule has 116 valence electrons. The van der Waals surface area contributed by atoms with Crippen molar-refractivity contribution < 1.29 is 29.6 Å². The minimum atomic E-state index is -0.930. The molecule has 0 aromatic rings. The molecule has 6 heteroatoms. The van der Waals surface area contributed by atoms with Gasteiger partial charge in [0, 0.05) is 24.2 Å². The topological polar surface area (TPSA) is 104 Å². The van der Waals surface area contributed by atoms with Crippen LogP contribution in [0, 0.1) is 0 Å². The van der Waals surface area contributed by atoms with E-state index in [-0.39, 0.29) is 18.8 Å². The lowest BCUT2D eigenvalue weighted by molar-refractivity contribution is -0.139. The summed E-state index contributed by atoms with van der Waals surface area (Å²) in [5.41, 5.74) is 0.666. The molecule has 3 N–H and O–H groups in total. The van der Waals surface area contributed by atoms with Gasteiger partial charge in [-0.15, -0.1) is 0 Å². The molecule has 1 unspecified atom stereocenters. The maximum Gasteiger partial charge on any atom is 0.333 e. The molecule has 0 aliphatic heterocycles. The fourth-order valence-electron chi connectivity index (χ4n) is 0.787. The summed E-state index contributed by atoms with van der Waals surface area (Å²) in [5.74, 6) is -1.32. The van der Waals surface area contributed by atoms with Crippen LogP contribution in [-0.4, -0.2) is 46.6 Å². The highest BCUT2D eigenvalue weighted by atomic mass is 16.5. The molecule has 0 fully saturated rings. The maximum atomic E-state index is 10.6. The second kappa shape index (κ2) is 12.4. The molecule has 0 saturated carbocycles. The van der Waals surface area contributed by atoms with E-state index in [1.165, 1.54) is 13.0 Å². The van der Waals surface area contributed by atoms with Gasteiger partial charge in [0.25, 0.3) is 0 Å². The predicted octanol–water partition coefficient (Wildman–Crippen LogP) is 1.28.